The van der Waals surface area contributed by atoms with E-state index in [1.54, 1.807) is 13.8 Å². The number of carbonyl (C=O) groups is 3. The molecule has 208 valence electrons. The molecule has 1 N–H and O–H groups in total. The molecule has 0 aromatic heterocycles. The summed E-state index contributed by atoms with van der Waals surface area (Å²) in [6.07, 6.45) is 3.74. The van der Waals surface area contributed by atoms with Crippen LogP contribution in [0.15, 0.2) is 65.9 Å². The average Bonchev–Trinajstić information content (AvgIpc) is 2.95. The highest BCUT2D eigenvalue weighted by Crippen LogP contribution is 2.37. The van der Waals surface area contributed by atoms with Gasteiger partial charge >= 0.3 is 5.97 Å². The third kappa shape index (κ3) is 7.69. The van der Waals surface area contributed by atoms with Gasteiger partial charge in [-0.15, -0.1) is 0 Å². The molecular formula is C31H39N3O5. The van der Waals surface area contributed by atoms with Gasteiger partial charge in [0.05, 0.1) is 12.2 Å². The third-order valence-electron chi connectivity index (χ3n) is 7.35. The van der Waals surface area contributed by atoms with E-state index >= 15 is 0 Å². The van der Waals surface area contributed by atoms with Gasteiger partial charge in [0.2, 0.25) is 11.8 Å². The van der Waals surface area contributed by atoms with E-state index in [-0.39, 0.29) is 31.4 Å². The Morgan fingerprint density at radius 3 is 2.41 bits per heavy atom. The predicted octanol–water partition coefficient (Wildman–Crippen LogP) is 4.02. The number of esters is 1. The number of hydrogen-bond donors (Lipinski definition) is 1. The zero-order valence-corrected chi connectivity index (χ0v) is 23.0. The van der Waals surface area contributed by atoms with Crippen LogP contribution in [-0.2, 0) is 25.7 Å². The van der Waals surface area contributed by atoms with Crippen molar-refractivity contribution in [3.05, 3.63) is 77.0 Å². The Balaban J connectivity index is 1.43. The third-order valence-corrected chi connectivity index (χ3v) is 7.35. The summed E-state index contributed by atoms with van der Waals surface area (Å²) in [5, 5.41) is 2.93. The zero-order valence-electron chi connectivity index (χ0n) is 23.0. The van der Waals surface area contributed by atoms with Crippen molar-refractivity contribution in [2.75, 3.05) is 39.3 Å². The summed E-state index contributed by atoms with van der Waals surface area (Å²) in [4.78, 5) is 42.8. The van der Waals surface area contributed by atoms with Crippen LogP contribution >= 0.6 is 0 Å². The van der Waals surface area contributed by atoms with Gasteiger partial charge in [0.25, 0.3) is 0 Å². The number of nitrogens with zero attached hydrogens (tertiary/aromatic N) is 2. The minimum absolute atomic E-state index is 0.0801. The van der Waals surface area contributed by atoms with Gasteiger partial charge in [-0.1, -0.05) is 48.9 Å². The maximum atomic E-state index is 13.2. The Morgan fingerprint density at radius 1 is 1.00 bits per heavy atom. The maximum Gasteiger partial charge on any atom is 0.336 e. The van der Waals surface area contributed by atoms with Crippen LogP contribution in [0.2, 0.25) is 0 Å². The lowest BCUT2D eigenvalue weighted by molar-refractivity contribution is -0.141. The lowest BCUT2D eigenvalue weighted by Crippen LogP contribution is -2.45. The molecule has 1 saturated heterocycles. The van der Waals surface area contributed by atoms with Crippen LogP contribution in [0.4, 0.5) is 0 Å². The van der Waals surface area contributed by atoms with Gasteiger partial charge < -0.3 is 24.6 Å². The number of allylic oxidation sites excluding steroid dienone is 1. The van der Waals surface area contributed by atoms with Crippen LogP contribution < -0.4 is 10.1 Å². The Morgan fingerprint density at radius 2 is 1.72 bits per heavy atom. The Hall–Kier alpha value is -3.65. The molecule has 39 heavy (non-hydrogen) atoms. The second-order valence-corrected chi connectivity index (χ2v) is 10.1. The molecule has 1 unspecified atom stereocenters. The normalized spacial score (nSPS) is 18.2. The van der Waals surface area contributed by atoms with Gasteiger partial charge in [-0.25, -0.2) is 4.79 Å². The van der Waals surface area contributed by atoms with E-state index < -0.39 is 11.9 Å². The largest absolute Gasteiger partial charge is 0.489 e. The number of piperidine rings is 1. The fourth-order valence-electron chi connectivity index (χ4n) is 5.23. The first-order chi connectivity index (χ1) is 19.0. The second kappa shape index (κ2) is 13.9. The highest BCUT2D eigenvalue weighted by molar-refractivity contribution is 5.97. The zero-order chi connectivity index (χ0) is 27.6. The number of benzene rings is 2. The molecule has 1 fully saturated rings. The highest BCUT2D eigenvalue weighted by atomic mass is 16.5. The lowest BCUT2D eigenvalue weighted by atomic mass is 9.83. The topological polar surface area (TPSA) is 88.2 Å². The number of carbonyl (C=O) groups excluding carboxylic acids is 3. The number of nitrogens with one attached hydrogen (secondary N) is 1. The molecule has 2 aliphatic rings. The average molecular weight is 534 g/mol. The van der Waals surface area contributed by atoms with Crippen molar-refractivity contribution >= 4 is 17.8 Å². The van der Waals surface area contributed by atoms with Crippen molar-refractivity contribution in [3.8, 4) is 5.75 Å². The molecule has 0 bridgehead atoms. The fraction of sp³-hybridized carbons (Fsp3) is 0.452. The number of rotatable bonds is 11. The minimum atomic E-state index is -0.465. The molecule has 1 atom stereocenters. The van der Waals surface area contributed by atoms with Gasteiger partial charge in [-0.2, -0.15) is 0 Å². The highest BCUT2D eigenvalue weighted by Gasteiger charge is 2.37. The lowest BCUT2D eigenvalue weighted by Gasteiger charge is -2.34. The van der Waals surface area contributed by atoms with Crippen molar-refractivity contribution in [2.24, 2.45) is 0 Å². The molecule has 2 amide bonds. The van der Waals surface area contributed by atoms with Crippen LogP contribution in [0.5, 0.6) is 5.75 Å². The first-order valence-electron chi connectivity index (χ1n) is 13.9. The van der Waals surface area contributed by atoms with Crippen LogP contribution in [0.1, 0.15) is 56.6 Å². The van der Waals surface area contributed by atoms with Crippen LogP contribution in [0, 0.1) is 0 Å². The van der Waals surface area contributed by atoms with E-state index in [2.05, 4.69) is 10.2 Å². The molecule has 4 rings (SSSR count). The molecule has 0 spiro atoms. The van der Waals surface area contributed by atoms with Gasteiger partial charge in [-0.3, -0.25) is 9.59 Å². The summed E-state index contributed by atoms with van der Waals surface area (Å²) >= 11 is 0. The number of amides is 2. The number of likely N-dealkylation sites (tertiary alicyclic amines) is 1. The van der Waals surface area contributed by atoms with Gasteiger partial charge in [0, 0.05) is 31.1 Å². The standard InChI is InChI=1S/C31H39N3O5/c1-3-38-31(37)30-23(2)34(21-28(35)32-16-19-33-17-8-5-9-18-33)29(36)20-27(30)25-12-14-26(15-13-25)39-22-24-10-6-4-7-11-24/h4,6-7,10-15,27H,3,5,8-9,16-22H2,1-2H3,(H,32,35). The molecule has 8 nitrogen and oxygen atoms in total. The minimum Gasteiger partial charge on any atom is -0.489 e. The predicted molar refractivity (Wildman–Crippen MR) is 149 cm³/mol. The molecule has 0 aliphatic carbocycles. The molecule has 2 aliphatic heterocycles. The molecule has 0 radical (unpaired) electrons. The summed E-state index contributed by atoms with van der Waals surface area (Å²) in [5.41, 5.74) is 2.77. The monoisotopic (exact) mass is 533 g/mol. The van der Waals surface area contributed by atoms with E-state index in [1.807, 2.05) is 54.6 Å². The molecule has 2 heterocycles. The summed E-state index contributed by atoms with van der Waals surface area (Å²) in [5.74, 6) is -0.654. The molecule has 2 aromatic rings. The first-order valence-corrected chi connectivity index (χ1v) is 13.9. The summed E-state index contributed by atoms with van der Waals surface area (Å²) < 4.78 is 11.3. The van der Waals surface area contributed by atoms with E-state index in [0.29, 0.717) is 30.2 Å². The van der Waals surface area contributed by atoms with E-state index in [0.717, 1.165) is 30.8 Å². The molecule has 0 saturated carbocycles. The quantitative estimate of drug-likeness (QED) is 0.439. The van der Waals surface area contributed by atoms with Gasteiger partial charge in [-0.05, 0) is 63.0 Å². The van der Waals surface area contributed by atoms with Crippen LogP contribution in [0.25, 0.3) is 0 Å². The Bertz CT molecular complexity index is 1160. The Kier molecular flexibility index (Phi) is 10.1. The van der Waals surface area contributed by atoms with Crippen molar-refractivity contribution in [1.82, 2.24) is 15.1 Å². The van der Waals surface area contributed by atoms with E-state index in [9.17, 15) is 14.4 Å². The second-order valence-electron chi connectivity index (χ2n) is 10.1. The summed E-state index contributed by atoms with van der Waals surface area (Å²) in [6.45, 7) is 7.49. The van der Waals surface area contributed by atoms with Gasteiger partial charge in [0.15, 0.2) is 0 Å². The van der Waals surface area contributed by atoms with Crippen LogP contribution in [0.3, 0.4) is 0 Å². The van der Waals surface area contributed by atoms with Crippen molar-refractivity contribution in [1.29, 1.82) is 0 Å². The molecule has 2 aromatic carbocycles. The summed E-state index contributed by atoms with van der Waals surface area (Å²) in [7, 11) is 0. The van der Waals surface area contributed by atoms with E-state index in [1.165, 1.54) is 24.2 Å². The van der Waals surface area contributed by atoms with Crippen molar-refractivity contribution in [3.63, 3.8) is 0 Å². The number of ether oxygens (including phenoxy) is 2. The van der Waals surface area contributed by atoms with Crippen LogP contribution in [-0.4, -0.2) is 66.9 Å². The van der Waals surface area contributed by atoms with Crippen molar-refractivity contribution in [2.45, 2.75) is 52.1 Å². The molecular weight excluding hydrogens is 494 g/mol. The summed E-state index contributed by atoms with van der Waals surface area (Å²) in [6, 6.07) is 17.4. The van der Waals surface area contributed by atoms with E-state index in [4.69, 9.17) is 9.47 Å². The smallest absolute Gasteiger partial charge is 0.336 e. The Labute approximate surface area is 231 Å². The number of hydrogen-bond acceptors (Lipinski definition) is 6. The maximum absolute atomic E-state index is 13.2. The van der Waals surface area contributed by atoms with Gasteiger partial charge in [0.1, 0.15) is 18.9 Å². The SMILES string of the molecule is CCOC(=O)C1=C(C)N(CC(=O)NCCN2CCCCC2)C(=O)CC1c1ccc(OCc2ccccc2)cc1. The fourth-order valence-corrected chi connectivity index (χ4v) is 5.23. The first kappa shape index (κ1) is 28.4. The van der Waals surface area contributed by atoms with Crippen molar-refractivity contribution < 1.29 is 23.9 Å². The molecule has 8 heteroatoms.